The Morgan fingerprint density at radius 2 is 2.00 bits per heavy atom. The van der Waals surface area contributed by atoms with Crippen LogP contribution in [0.1, 0.15) is 45.4 Å². The third-order valence-electron chi connectivity index (χ3n) is 2.84. The van der Waals surface area contributed by atoms with E-state index in [-0.39, 0.29) is 0 Å². The van der Waals surface area contributed by atoms with Crippen LogP contribution in [0.5, 0.6) is 0 Å². The van der Waals surface area contributed by atoms with Gasteiger partial charge in [0.05, 0.1) is 6.61 Å². The number of hydrogen-bond acceptors (Lipinski definition) is 2. The Hall–Kier alpha value is 0.310. The molecule has 0 unspecified atom stereocenters. The second-order valence-corrected chi connectivity index (χ2v) is 4.59. The van der Waals surface area contributed by atoms with Crippen LogP contribution in [0.25, 0.3) is 0 Å². The van der Waals surface area contributed by atoms with Crippen molar-refractivity contribution >= 4 is 12.6 Å². The van der Waals surface area contributed by atoms with Crippen molar-refractivity contribution in [1.82, 2.24) is 0 Å². The maximum absolute atomic E-state index is 5.65. The predicted octanol–water partition coefficient (Wildman–Crippen LogP) is 3.29. The summed E-state index contributed by atoms with van der Waals surface area (Å²) in [5.41, 5.74) is 0.480. The minimum absolute atomic E-state index is 0.480. The molecule has 0 N–H and O–H groups in total. The smallest absolute Gasteiger partial charge is 0.0530 e. The van der Waals surface area contributed by atoms with Crippen molar-refractivity contribution in [2.45, 2.75) is 45.4 Å². The first kappa shape index (κ1) is 11.4. The largest absolute Gasteiger partial charge is 0.381 e. The Labute approximate surface area is 87.7 Å². The number of ether oxygens (including phenoxy) is 1. The lowest BCUT2D eigenvalue weighted by Gasteiger charge is -2.11. The van der Waals surface area contributed by atoms with Gasteiger partial charge < -0.3 is 4.74 Å². The maximum atomic E-state index is 5.65. The third-order valence-corrected chi connectivity index (χ3v) is 3.51. The normalized spacial score (nSPS) is 18.9. The number of thiol groups is 1. The zero-order valence-electron chi connectivity index (χ0n) is 8.72. The molecular formula is C11H22OS. The topological polar surface area (TPSA) is 9.23 Å². The fourth-order valence-corrected chi connectivity index (χ4v) is 1.85. The zero-order valence-corrected chi connectivity index (χ0v) is 9.61. The van der Waals surface area contributed by atoms with E-state index >= 15 is 0 Å². The van der Waals surface area contributed by atoms with E-state index in [1.165, 1.54) is 38.5 Å². The van der Waals surface area contributed by atoms with Gasteiger partial charge in [-0.15, -0.1) is 0 Å². The summed E-state index contributed by atoms with van der Waals surface area (Å²) in [6.45, 7) is 4.14. The summed E-state index contributed by atoms with van der Waals surface area (Å²) in [6, 6.07) is 0. The summed E-state index contributed by atoms with van der Waals surface area (Å²) in [4.78, 5) is 0. The van der Waals surface area contributed by atoms with Crippen LogP contribution in [-0.2, 0) is 4.74 Å². The lowest BCUT2D eigenvalue weighted by Crippen LogP contribution is -2.12. The molecule has 0 radical (unpaired) electrons. The highest BCUT2D eigenvalue weighted by Crippen LogP contribution is 2.46. The molecule has 78 valence electrons. The first-order chi connectivity index (χ1) is 6.33. The van der Waals surface area contributed by atoms with Crippen LogP contribution >= 0.6 is 12.6 Å². The van der Waals surface area contributed by atoms with E-state index in [4.69, 9.17) is 4.74 Å². The van der Waals surface area contributed by atoms with E-state index in [0.29, 0.717) is 5.41 Å². The van der Waals surface area contributed by atoms with Crippen molar-refractivity contribution in [1.29, 1.82) is 0 Å². The van der Waals surface area contributed by atoms with Crippen molar-refractivity contribution in [2.75, 3.05) is 19.0 Å². The fraction of sp³-hybridized carbons (Fsp3) is 1.00. The monoisotopic (exact) mass is 202 g/mol. The lowest BCUT2D eigenvalue weighted by molar-refractivity contribution is 0.0949. The Balaban J connectivity index is 1.84. The summed E-state index contributed by atoms with van der Waals surface area (Å²) in [7, 11) is 0. The van der Waals surface area contributed by atoms with Gasteiger partial charge in [-0.1, -0.05) is 26.2 Å². The van der Waals surface area contributed by atoms with Crippen LogP contribution in [0, 0.1) is 5.41 Å². The molecule has 13 heavy (non-hydrogen) atoms. The highest BCUT2D eigenvalue weighted by Gasteiger charge is 2.41. The molecule has 1 aliphatic carbocycles. The van der Waals surface area contributed by atoms with E-state index in [9.17, 15) is 0 Å². The van der Waals surface area contributed by atoms with Gasteiger partial charge >= 0.3 is 0 Å². The SMILES string of the molecule is CCCCCCOCC1(CS)CC1. The Morgan fingerprint density at radius 1 is 1.23 bits per heavy atom. The van der Waals surface area contributed by atoms with Gasteiger partial charge in [0.1, 0.15) is 0 Å². The lowest BCUT2D eigenvalue weighted by atomic mass is 10.1. The van der Waals surface area contributed by atoms with Crippen molar-refractivity contribution in [3.63, 3.8) is 0 Å². The van der Waals surface area contributed by atoms with Crippen molar-refractivity contribution in [3.8, 4) is 0 Å². The van der Waals surface area contributed by atoms with Gasteiger partial charge in [0, 0.05) is 12.0 Å². The summed E-state index contributed by atoms with van der Waals surface area (Å²) < 4.78 is 5.65. The summed E-state index contributed by atoms with van der Waals surface area (Å²) in [5.74, 6) is 1.00. The molecular weight excluding hydrogens is 180 g/mol. The molecule has 1 aliphatic rings. The Morgan fingerprint density at radius 3 is 2.54 bits per heavy atom. The van der Waals surface area contributed by atoms with Crippen molar-refractivity contribution < 1.29 is 4.74 Å². The minimum Gasteiger partial charge on any atom is -0.381 e. The molecule has 2 heteroatoms. The van der Waals surface area contributed by atoms with Crippen LogP contribution < -0.4 is 0 Å². The first-order valence-electron chi connectivity index (χ1n) is 5.51. The van der Waals surface area contributed by atoms with Gasteiger partial charge in [-0.2, -0.15) is 12.6 Å². The van der Waals surface area contributed by atoms with E-state index < -0.39 is 0 Å². The van der Waals surface area contributed by atoms with Crippen LogP contribution in [-0.4, -0.2) is 19.0 Å². The zero-order chi connectivity index (χ0) is 9.57. The Kier molecular flexibility index (Phi) is 5.18. The molecule has 0 aromatic carbocycles. The molecule has 0 aromatic heterocycles. The average Bonchev–Trinajstić information content (AvgIpc) is 2.92. The molecule has 0 bridgehead atoms. The van der Waals surface area contributed by atoms with E-state index in [0.717, 1.165) is 19.0 Å². The summed E-state index contributed by atoms with van der Waals surface area (Å²) in [5, 5.41) is 0. The van der Waals surface area contributed by atoms with Gasteiger partial charge in [0.2, 0.25) is 0 Å². The molecule has 0 aliphatic heterocycles. The van der Waals surface area contributed by atoms with Gasteiger partial charge in [0.15, 0.2) is 0 Å². The molecule has 1 nitrogen and oxygen atoms in total. The highest BCUT2D eigenvalue weighted by molar-refractivity contribution is 7.80. The standard InChI is InChI=1S/C11H22OS/c1-2-3-4-5-8-12-9-11(10-13)6-7-11/h13H,2-10H2,1H3. The van der Waals surface area contributed by atoms with E-state index in [1.807, 2.05) is 0 Å². The first-order valence-corrected chi connectivity index (χ1v) is 6.15. The molecule has 1 saturated carbocycles. The third kappa shape index (κ3) is 4.37. The van der Waals surface area contributed by atoms with Crippen LogP contribution in [0.2, 0.25) is 0 Å². The maximum Gasteiger partial charge on any atom is 0.0530 e. The predicted molar refractivity (Wildman–Crippen MR) is 60.5 cm³/mol. The molecule has 0 atom stereocenters. The summed E-state index contributed by atoms with van der Waals surface area (Å²) >= 11 is 4.34. The fourth-order valence-electron chi connectivity index (χ4n) is 1.44. The number of rotatable bonds is 8. The second-order valence-electron chi connectivity index (χ2n) is 4.27. The van der Waals surface area contributed by atoms with Gasteiger partial charge in [0.25, 0.3) is 0 Å². The average molecular weight is 202 g/mol. The molecule has 0 heterocycles. The van der Waals surface area contributed by atoms with Crippen LogP contribution in [0.4, 0.5) is 0 Å². The highest BCUT2D eigenvalue weighted by atomic mass is 32.1. The van der Waals surface area contributed by atoms with Crippen LogP contribution in [0.15, 0.2) is 0 Å². The number of unbranched alkanes of at least 4 members (excludes halogenated alkanes) is 3. The van der Waals surface area contributed by atoms with E-state index in [2.05, 4.69) is 19.6 Å². The molecule has 0 aromatic rings. The Bertz CT molecular complexity index is 132. The van der Waals surface area contributed by atoms with E-state index in [1.54, 1.807) is 0 Å². The number of hydrogen-bond donors (Lipinski definition) is 1. The summed E-state index contributed by atoms with van der Waals surface area (Å²) in [6.07, 6.45) is 7.86. The van der Waals surface area contributed by atoms with Crippen molar-refractivity contribution in [2.24, 2.45) is 5.41 Å². The van der Waals surface area contributed by atoms with Crippen LogP contribution in [0.3, 0.4) is 0 Å². The molecule has 0 amide bonds. The van der Waals surface area contributed by atoms with Crippen molar-refractivity contribution in [3.05, 3.63) is 0 Å². The van der Waals surface area contributed by atoms with Gasteiger partial charge in [-0.3, -0.25) is 0 Å². The molecule has 1 rings (SSSR count). The second kappa shape index (κ2) is 5.92. The van der Waals surface area contributed by atoms with Gasteiger partial charge in [-0.25, -0.2) is 0 Å². The molecule has 0 saturated heterocycles. The molecule has 1 fully saturated rings. The van der Waals surface area contributed by atoms with Gasteiger partial charge in [-0.05, 0) is 25.0 Å². The molecule has 0 spiro atoms. The minimum atomic E-state index is 0.480. The quantitative estimate of drug-likeness (QED) is 0.469.